The van der Waals surface area contributed by atoms with Crippen molar-refractivity contribution < 1.29 is 38.1 Å². The first-order chi connectivity index (χ1) is 28.8. The smallest absolute Gasteiger partial charge is 0.308 e. The highest BCUT2D eigenvalue weighted by molar-refractivity contribution is 6.10. The molecule has 0 aliphatic carbocycles. The summed E-state index contributed by atoms with van der Waals surface area (Å²) in [5.74, 6) is -1.22. The van der Waals surface area contributed by atoms with Crippen molar-refractivity contribution >= 4 is 46.9 Å². The number of ether oxygens (including phenoxy) is 4. The van der Waals surface area contributed by atoms with Crippen molar-refractivity contribution in [2.45, 2.75) is 44.0 Å². The van der Waals surface area contributed by atoms with Gasteiger partial charge in [0.15, 0.2) is 0 Å². The molecule has 0 unspecified atom stereocenters. The second kappa shape index (κ2) is 24.7. The van der Waals surface area contributed by atoms with Gasteiger partial charge in [0.1, 0.15) is 36.8 Å². The van der Waals surface area contributed by atoms with E-state index in [2.05, 4.69) is 27.8 Å². The van der Waals surface area contributed by atoms with E-state index in [1.165, 1.54) is 6.08 Å². The summed E-state index contributed by atoms with van der Waals surface area (Å²) in [6.45, 7) is 4.27. The van der Waals surface area contributed by atoms with Crippen LogP contribution < -0.4 is 30.7 Å². The molecule has 0 radical (unpaired) electrons. The number of esters is 1. The molecule has 0 aliphatic heterocycles. The fourth-order valence-electron chi connectivity index (χ4n) is 6.41. The summed E-state index contributed by atoms with van der Waals surface area (Å²) in [4.78, 5) is 54.4. The second-order valence-electron chi connectivity index (χ2n) is 13.8. The van der Waals surface area contributed by atoms with E-state index in [0.717, 1.165) is 22.1 Å². The Hall–Kier alpha value is -6.21. The first kappa shape index (κ1) is 46.5. The van der Waals surface area contributed by atoms with E-state index in [0.29, 0.717) is 30.6 Å². The number of amides is 3. The van der Waals surface area contributed by atoms with Crippen molar-refractivity contribution in [3.63, 3.8) is 0 Å². The quantitative estimate of drug-likeness (QED) is 0.0476. The third kappa shape index (κ3) is 14.3. The Kier molecular flexibility index (Phi) is 19.1. The first-order valence-corrected chi connectivity index (χ1v) is 19.5. The van der Waals surface area contributed by atoms with Gasteiger partial charge in [-0.15, -0.1) is 12.4 Å². The number of carbonyl (C=O) groups excluding carboxylic acids is 4. The van der Waals surface area contributed by atoms with E-state index in [4.69, 9.17) is 18.9 Å². The molecule has 0 heterocycles. The van der Waals surface area contributed by atoms with Gasteiger partial charge in [-0.3, -0.25) is 19.2 Å². The Morgan fingerprint density at radius 1 is 0.750 bits per heavy atom. The van der Waals surface area contributed by atoms with Crippen molar-refractivity contribution in [2.24, 2.45) is 0 Å². The minimum Gasteiger partial charge on any atom is -0.497 e. The maximum atomic E-state index is 14.4. The Morgan fingerprint density at radius 3 is 2.17 bits per heavy atom. The summed E-state index contributed by atoms with van der Waals surface area (Å²) < 4.78 is 22.8. The molecule has 5 aromatic carbocycles. The topological polar surface area (TPSA) is 153 Å². The third-order valence-electron chi connectivity index (χ3n) is 9.49. The van der Waals surface area contributed by atoms with Gasteiger partial charge >= 0.3 is 5.97 Å². The third-order valence-corrected chi connectivity index (χ3v) is 9.49. The molecule has 0 aliphatic rings. The number of rotatable bonds is 23. The highest BCUT2D eigenvalue weighted by Gasteiger charge is 2.28. The van der Waals surface area contributed by atoms with Gasteiger partial charge in [-0.25, -0.2) is 0 Å². The van der Waals surface area contributed by atoms with Gasteiger partial charge < -0.3 is 40.2 Å². The molecule has 60 heavy (non-hydrogen) atoms. The Labute approximate surface area is 357 Å². The predicted octanol–water partition coefficient (Wildman–Crippen LogP) is 5.76. The molecule has 3 amide bonds. The highest BCUT2D eigenvalue weighted by atomic mass is 35.5. The lowest BCUT2D eigenvalue weighted by Crippen LogP contribution is -2.51. The van der Waals surface area contributed by atoms with Gasteiger partial charge in [-0.2, -0.15) is 0 Å². The van der Waals surface area contributed by atoms with Crippen molar-refractivity contribution in [3.8, 4) is 11.5 Å². The minimum atomic E-state index is -1.27. The second-order valence-corrected chi connectivity index (χ2v) is 13.8. The van der Waals surface area contributed by atoms with Crippen LogP contribution >= 0.6 is 12.4 Å². The minimum absolute atomic E-state index is 0. The molecule has 5 rings (SSSR count). The molecule has 0 aromatic heterocycles. The maximum Gasteiger partial charge on any atom is 0.308 e. The zero-order chi connectivity index (χ0) is 41.8. The van der Waals surface area contributed by atoms with Crippen LogP contribution in [-0.4, -0.2) is 82.3 Å². The van der Waals surface area contributed by atoms with Crippen LogP contribution in [0.4, 0.5) is 0 Å². The standard InChI is InChI=1S/C47H52N4O8.ClH/c1-4-26-58-43(52)29-40(45(53)49-25-24-34-18-13-20-38(28-34)56-3)51-47(55)44-39-21-12-11-19-36(39)22-23-42(44)59-31-37(27-33-14-7-5-8-15-33)50-46(54)41(48-2)32-57-30-35-16-9-6-10-17-35;/h4-23,28,37,40-41,48H,1,24-27,29-32H2,2-3H3,(H,49,53)(H,50,54)(H,51,55);1H/t37-,40+,41-;/m1./s1. The van der Waals surface area contributed by atoms with E-state index in [-0.39, 0.29) is 56.0 Å². The first-order valence-electron chi connectivity index (χ1n) is 19.5. The molecule has 0 spiro atoms. The maximum absolute atomic E-state index is 14.4. The number of hydrogen-bond donors (Lipinski definition) is 4. The zero-order valence-electron chi connectivity index (χ0n) is 33.9. The summed E-state index contributed by atoms with van der Waals surface area (Å²) in [7, 11) is 3.28. The summed E-state index contributed by atoms with van der Waals surface area (Å²) in [6.07, 6.45) is 1.93. The normalized spacial score (nSPS) is 12.2. The van der Waals surface area contributed by atoms with E-state index < -0.39 is 42.3 Å². The van der Waals surface area contributed by atoms with Gasteiger partial charge in [0.05, 0.1) is 38.3 Å². The number of benzene rings is 5. The predicted molar refractivity (Wildman–Crippen MR) is 234 cm³/mol. The van der Waals surface area contributed by atoms with Crippen LogP contribution in [0.1, 0.15) is 33.5 Å². The van der Waals surface area contributed by atoms with Crippen LogP contribution in [0.15, 0.2) is 134 Å². The summed E-state index contributed by atoms with van der Waals surface area (Å²) in [6, 6.07) is 35.3. The highest BCUT2D eigenvalue weighted by Crippen LogP contribution is 2.29. The van der Waals surface area contributed by atoms with Crippen molar-refractivity contribution in [1.29, 1.82) is 0 Å². The zero-order valence-corrected chi connectivity index (χ0v) is 34.7. The van der Waals surface area contributed by atoms with E-state index in [1.54, 1.807) is 32.4 Å². The summed E-state index contributed by atoms with van der Waals surface area (Å²) in [5, 5.41) is 13.1. The van der Waals surface area contributed by atoms with Crippen molar-refractivity contribution in [2.75, 3.05) is 40.5 Å². The summed E-state index contributed by atoms with van der Waals surface area (Å²) in [5.41, 5.74) is 3.08. The van der Waals surface area contributed by atoms with Crippen molar-refractivity contribution in [3.05, 3.63) is 156 Å². The number of hydrogen-bond acceptors (Lipinski definition) is 9. The summed E-state index contributed by atoms with van der Waals surface area (Å²) >= 11 is 0. The number of halogens is 1. The Balaban J connectivity index is 0.00000794. The van der Waals surface area contributed by atoms with Gasteiger partial charge in [0.25, 0.3) is 5.91 Å². The number of fused-ring (bicyclic) bond motifs is 1. The molecule has 5 aromatic rings. The molecular formula is C47H53ClN4O8. The lowest BCUT2D eigenvalue weighted by Gasteiger charge is -2.24. The fourth-order valence-corrected chi connectivity index (χ4v) is 6.41. The van der Waals surface area contributed by atoms with E-state index >= 15 is 0 Å². The van der Waals surface area contributed by atoms with Gasteiger partial charge in [-0.05, 0) is 65.6 Å². The van der Waals surface area contributed by atoms with Crippen LogP contribution in [0.2, 0.25) is 0 Å². The average Bonchev–Trinajstić information content (AvgIpc) is 3.26. The van der Waals surface area contributed by atoms with Crippen molar-refractivity contribution in [1.82, 2.24) is 21.3 Å². The monoisotopic (exact) mass is 836 g/mol. The molecule has 0 fully saturated rings. The van der Waals surface area contributed by atoms with Gasteiger partial charge in [0.2, 0.25) is 11.8 Å². The Bertz CT molecular complexity index is 2150. The lowest BCUT2D eigenvalue weighted by atomic mass is 10.0. The van der Waals surface area contributed by atoms with Crippen LogP contribution in [0.3, 0.4) is 0 Å². The van der Waals surface area contributed by atoms with Crippen LogP contribution in [0.5, 0.6) is 11.5 Å². The number of carbonyl (C=O) groups is 4. The number of methoxy groups -OCH3 is 1. The SMILES string of the molecule is C=CCOC(=O)C[C@H](NC(=O)c1c(OC[C@@H](Cc2ccccc2)NC(=O)[C@@H](COCc2ccccc2)NC)ccc2ccccc12)C(=O)NCCc1cccc(OC)c1.Cl. The average molecular weight is 837 g/mol. The number of nitrogens with one attached hydrogen (secondary N) is 4. The Morgan fingerprint density at radius 2 is 1.45 bits per heavy atom. The molecule has 13 heteroatoms. The number of likely N-dealkylation sites (N-methyl/N-ethyl adjacent to an activating group) is 1. The molecule has 0 bridgehead atoms. The van der Waals surface area contributed by atoms with Gasteiger partial charge in [-0.1, -0.05) is 116 Å². The van der Waals surface area contributed by atoms with E-state index in [1.807, 2.05) is 103 Å². The lowest BCUT2D eigenvalue weighted by molar-refractivity contribution is -0.144. The van der Waals surface area contributed by atoms with Crippen LogP contribution in [0.25, 0.3) is 10.8 Å². The molecule has 0 saturated carbocycles. The fraction of sp³-hybridized carbons (Fsp3) is 0.277. The van der Waals surface area contributed by atoms with E-state index in [9.17, 15) is 19.2 Å². The molecule has 0 saturated heterocycles. The largest absolute Gasteiger partial charge is 0.497 e. The van der Waals surface area contributed by atoms with Gasteiger partial charge in [0, 0.05) is 6.54 Å². The van der Waals surface area contributed by atoms with Crippen LogP contribution in [-0.2, 0) is 43.3 Å². The molecule has 3 atom stereocenters. The molecule has 316 valence electrons. The van der Waals surface area contributed by atoms with Crippen LogP contribution in [0, 0.1) is 0 Å². The molecule has 4 N–H and O–H groups in total. The molecule has 12 nitrogen and oxygen atoms in total. The molecular weight excluding hydrogens is 784 g/mol.